The van der Waals surface area contributed by atoms with Gasteiger partial charge in [-0.3, -0.25) is 4.99 Å². The number of benzene rings is 2. The molecule has 0 aliphatic heterocycles. The SMILES string of the molecule is C[C@H](CC12CC3CC(CC(C3)C1)C2)NC(=NCCc1ccccc1)Nc1ccc(C(=O)O)cc1. The van der Waals surface area contributed by atoms with Gasteiger partial charge in [0.25, 0.3) is 0 Å². The zero-order valence-corrected chi connectivity index (χ0v) is 20.2. The van der Waals surface area contributed by atoms with Crippen LogP contribution in [0, 0.1) is 23.2 Å². The van der Waals surface area contributed by atoms with Crippen LogP contribution in [0.15, 0.2) is 59.6 Å². The molecule has 0 amide bonds. The van der Waals surface area contributed by atoms with Crippen molar-refractivity contribution in [2.24, 2.45) is 28.2 Å². The monoisotopic (exact) mass is 459 g/mol. The number of guanidine groups is 1. The molecule has 6 rings (SSSR count). The predicted octanol–water partition coefficient (Wildman–Crippen LogP) is 5.98. The molecule has 34 heavy (non-hydrogen) atoms. The molecule has 4 fully saturated rings. The molecule has 0 radical (unpaired) electrons. The number of nitrogens with one attached hydrogen (secondary N) is 2. The second-order valence-corrected chi connectivity index (χ2v) is 11.1. The summed E-state index contributed by atoms with van der Waals surface area (Å²) in [5.74, 6) is 2.75. The largest absolute Gasteiger partial charge is 0.478 e. The van der Waals surface area contributed by atoms with E-state index in [2.05, 4.69) is 41.8 Å². The van der Waals surface area contributed by atoms with Gasteiger partial charge >= 0.3 is 5.97 Å². The van der Waals surface area contributed by atoms with Gasteiger partial charge in [0.15, 0.2) is 5.96 Å². The van der Waals surface area contributed by atoms with Gasteiger partial charge in [0.05, 0.1) is 5.56 Å². The highest BCUT2D eigenvalue weighted by Gasteiger charge is 2.51. The summed E-state index contributed by atoms with van der Waals surface area (Å²) in [4.78, 5) is 16.1. The minimum Gasteiger partial charge on any atom is -0.478 e. The molecule has 1 atom stereocenters. The van der Waals surface area contributed by atoms with E-state index in [1.165, 1.54) is 50.5 Å². The van der Waals surface area contributed by atoms with Crippen molar-refractivity contribution < 1.29 is 9.90 Å². The number of carbonyl (C=O) groups is 1. The van der Waals surface area contributed by atoms with E-state index in [4.69, 9.17) is 4.99 Å². The molecule has 4 aliphatic rings. The van der Waals surface area contributed by atoms with Gasteiger partial charge in [0.1, 0.15) is 0 Å². The van der Waals surface area contributed by atoms with Crippen molar-refractivity contribution in [3.05, 3.63) is 65.7 Å². The molecule has 0 spiro atoms. The van der Waals surface area contributed by atoms with E-state index >= 15 is 0 Å². The van der Waals surface area contributed by atoms with Crippen molar-refractivity contribution in [3.63, 3.8) is 0 Å². The third-order valence-electron chi connectivity index (χ3n) is 8.20. The van der Waals surface area contributed by atoms with Gasteiger partial charge in [-0.1, -0.05) is 30.3 Å². The summed E-state index contributed by atoms with van der Waals surface area (Å²) in [6, 6.07) is 17.6. The average Bonchev–Trinajstić information content (AvgIpc) is 2.78. The smallest absolute Gasteiger partial charge is 0.335 e. The zero-order valence-electron chi connectivity index (χ0n) is 20.2. The van der Waals surface area contributed by atoms with Gasteiger partial charge < -0.3 is 15.7 Å². The molecule has 4 bridgehead atoms. The van der Waals surface area contributed by atoms with Gasteiger partial charge in [0.2, 0.25) is 0 Å². The van der Waals surface area contributed by atoms with Gasteiger partial charge in [-0.05, 0) is 111 Å². The molecule has 180 valence electrons. The van der Waals surface area contributed by atoms with Crippen molar-refractivity contribution in [1.82, 2.24) is 5.32 Å². The third kappa shape index (κ3) is 5.45. The molecule has 4 saturated carbocycles. The lowest BCUT2D eigenvalue weighted by Crippen LogP contribution is -2.49. The van der Waals surface area contributed by atoms with Crippen molar-refractivity contribution in [1.29, 1.82) is 0 Å². The van der Waals surface area contributed by atoms with Crippen LogP contribution in [-0.4, -0.2) is 29.6 Å². The standard InChI is InChI=1S/C29H37N3O2/c1-20(16-29-17-22-13-23(18-29)15-24(14-22)19-29)31-28(30-12-11-21-5-3-2-4-6-21)32-26-9-7-25(8-10-26)27(33)34/h2-10,20,22-24H,11-19H2,1H3,(H,33,34)(H2,30,31,32)/t20-,22?,23?,24?,29?/m1/s1. The third-order valence-corrected chi connectivity index (χ3v) is 8.20. The summed E-state index contributed by atoms with van der Waals surface area (Å²) in [5, 5.41) is 16.3. The minimum atomic E-state index is -0.911. The Morgan fingerprint density at radius 1 is 1.00 bits per heavy atom. The van der Waals surface area contributed by atoms with Crippen molar-refractivity contribution in [2.75, 3.05) is 11.9 Å². The summed E-state index contributed by atoms with van der Waals surface area (Å²) < 4.78 is 0. The maximum absolute atomic E-state index is 11.2. The molecule has 2 aromatic rings. The first-order valence-electron chi connectivity index (χ1n) is 12.9. The summed E-state index contributed by atoms with van der Waals surface area (Å²) in [6.07, 6.45) is 10.7. The Hall–Kier alpha value is -2.82. The van der Waals surface area contributed by atoms with E-state index in [0.717, 1.165) is 35.8 Å². The van der Waals surface area contributed by atoms with Crippen LogP contribution in [0.5, 0.6) is 0 Å². The Labute approximate surface area is 203 Å². The molecule has 0 saturated heterocycles. The second-order valence-electron chi connectivity index (χ2n) is 11.1. The number of carboxylic acid groups (broad SMARTS) is 1. The predicted molar refractivity (Wildman–Crippen MR) is 137 cm³/mol. The Morgan fingerprint density at radius 2 is 1.62 bits per heavy atom. The molecular formula is C29H37N3O2. The van der Waals surface area contributed by atoms with E-state index in [1.54, 1.807) is 12.1 Å². The molecule has 4 aliphatic carbocycles. The first-order valence-corrected chi connectivity index (χ1v) is 12.9. The van der Waals surface area contributed by atoms with E-state index in [9.17, 15) is 9.90 Å². The fourth-order valence-electron chi connectivity index (χ4n) is 7.37. The Bertz CT molecular complexity index is 980. The molecular weight excluding hydrogens is 422 g/mol. The molecule has 2 aromatic carbocycles. The van der Waals surface area contributed by atoms with Crippen LogP contribution < -0.4 is 10.6 Å². The quantitative estimate of drug-likeness (QED) is 0.335. The van der Waals surface area contributed by atoms with Gasteiger partial charge in [-0.15, -0.1) is 0 Å². The van der Waals surface area contributed by atoms with Crippen LogP contribution in [0.25, 0.3) is 0 Å². The Morgan fingerprint density at radius 3 is 2.21 bits per heavy atom. The highest BCUT2D eigenvalue weighted by Crippen LogP contribution is 2.61. The van der Waals surface area contributed by atoms with E-state index < -0.39 is 5.97 Å². The number of rotatable bonds is 8. The summed E-state index contributed by atoms with van der Waals surface area (Å²) in [7, 11) is 0. The fraction of sp³-hybridized carbons (Fsp3) is 0.517. The summed E-state index contributed by atoms with van der Waals surface area (Å²) >= 11 is 0. The topological polar surface area (TPSA) is 73.7 Å². The maximum Gasteiger partial charge on any atom is 0.335 e. The van der Waals surface area contributed by atoms with Crippen LogP contribution >= 0.6 is 0 Å². The number of aromatic carboxylic acids is 1. The van der Waals surface area contributed by atoms with Crippen LogP contribution in [0.1, 0.15) is 67.8 Å². The summed E-state index contributed by atoms with van der Waals surface area (Å²) in [5.41, 5.74) is 2.92. The van der Waals surface area contributed by atoms with Crippen LogP contribution in [0.2, 0.25) is 0 Å². The number of aliphatic imine (C=N–C) groups is 1. The lowest BCUT2D eigenvalue weighted by atomic mass is 9.48. The molecule has 5 nitrogen and oxygen atoms in total. The normalized spacial score (nSPS) is 28.5. The van der Waals surface area contributed by atoms with Crippen LogP contribution in [0.4, 0.5) is 5.69 Å². The molecule has 5 heteroatoms. The van der Waals surface area contributed by atoms with Crippen molar-refractivity contribution in [2.45, 2.75) is 64.3 Å². The lowest BCUT2D eigenvalue weighted by molar-refractivity contribution is -0.0603. The molecule has 0 aromatic heterocycles. The zero-order chi connectivity index (χ0) is 23.5. The first-order chi connectivity index (χ1) is 16.5. The Kier molecular flexibility index (Phi) is 6.62. The van der Waals surface area contributed by atoms with Crippen molar-refractivity contribution in [3.8, 4) is 0 Å². The summed E-state index contributed by atoms with van der Waals surface area (Å²) in [6.45, 7) is 2.98. The fourth-order valence-corrected chi connectivity index (χ4v) is 7.37. The number of hydrogen-bond donors (Lipinski definition) is 3. The van der Waals surface area contributed by atoms with Crippen LogP contribution in [0.3, 0.4) is 0 Å². The van der Waals surface area contributed by atoms with E-state index in [-0.39, 0.29) is 5.56 Å². The van der Waals surface area contributed by atoms with Crippen molar-refractivity contribution >= 4 is 17.6 Å². The minimum absolute atomic E-state index is 0.288. The molecule has 0 unspecified atom stereocenters. The highest BCUT2D eigenvalue weighted by atomic mass is 16.4. The first kappa shape index (κ1) is 22.9. The highest BCUT2D eigenvalue weighted by molar-refractivity contribution is 5.94. The van der Waals surface area contributed by atoms with E-state index in [0.29, 0.717) is 18.0 Å². The number of nitrogens with zero attached hydrogens (tertiary/aromatic N) is 1. The van der Waals surface area contributed by atoms with Gasteiger partial charge in [0, 0.05) is 18.3 Å². The second kappa shape index (κ2) is 9.81. The number of anilines is 1. The average molecular weight is 460 g/mol. The molecule has 0 heterocycles. The Balaban J connectivity index is 1.26. The number of hydrogen-bond acceptors (Lipinski definition) is 2. The maximum atomic E-state index is 11.2. The lowest BCUT2D eigenvalue weighted by Gasteiger charge is -2.57. The molecule has 3 N–H and O–H groups in total. The van der Waals surface area contributed by atoms with Gasteiger partial charge in [-0.2, -0.15) is 0 Å². The van der Waals surface area contributed by atoms with E-state index in [1.807, 2.05) is 18.2 Å². The number of carboxylic acids is 1. The van der Waals surface area contributed by atoms with Crippen LogP contribution in [-0.2, 0) is 6.42 Å². The van der Waals surface area contributed by atoms with Gasteiger partial charge in [-0.25, -0.2) is 4.79 Å².